The summed E-state index contributed by atoms with van der Waals surface area (Å²) in [5.74, 6) is 0. The molecule has 0 fully saturated rings. The van der Waals surface area contributed by atoms with E-state index >= 15 is 0 Å². The molecule has 0 atom stereocenters. The molecule has 0 aliphatic carbocycles. The third-order valence-electron chi connectivity index (χ3n) is 0.347. The Balaban J connectivity index is 0. The molecule has 0 rings (SSSR count). The van der Waals surface area contributed by atoms with Crippen molar-refractivity contribution in [1.82, 2.24) is 0 Å². The van der Waals surface area contributed by atoms with Gasteiger partial charge >= 0.3 is 0 Å². The second-order valence-corrected chi connectivity index (χ2v) is 2.18. The zero-order chi connectivity index (χ0) is 4.99. The van der Waals surface area contributed by atoms with Crippen molar-refractivity contribution in [2.45, 2.75) is 11.3 Å². The van der Waals surface area contributed by atoms with Crippen LogP contribution in [0.15, 0.2) is 0 Å². The van der Waals surface area contributed by atoms with Crippen LogP contribution in [-0.2, 0) is 0 Å². The highest BCUT2D eigenvalue weighted by atomic mass is 35.5. The van der Waals surface area contributed by atoms with Gasteiger partial charge < -0.3 is 10.6 Å². The fourth-order valence-corrected chi connectivity index (χ4v) is 0.293. The zero-order valence-electron chi connectivity index (χ0n) is 3.69. The van der Waals surface area contributed by atoms with E-state index in [2.05, 4.69) is 0 Å². The van der Waals surface area contributed by atoms with Gasteiger partial charge in [-0.25, -0.2) is 0 Å². The Kier molecular flexibility index (Phi) is 9.73. The molecular formula is C3H8Cl2O2. The van der Waals surface area contributed by atoms with E-state index in [0.29, 0.717) is 6.42 Å². The molecule has 0 aliphatic rings. The summed E-state index contributed by atoms with van der Waals surface area (Å²) >= 11 is 10.4. The number of halogens is 2. The minimum Gasteiger partial charge on any atom is -0.412 e. The molecule has 0 aliphatic heterocycles. The van der Waals surface area contributed by atoms with Gasteiger partial charge in [-0.15, -0.1) is 23.2 Å². The molecule has 46 valence electrons. The Bertz CT molecular complexity index is 32.1. The summed E-state index contributed by atoms with van der Waals surface area (Å²) in [7, 11) is 0. The SMILES string of the molecule is O.OCCC(Cl)Cl. The third-order valence-corrected chi connectivity index (χ3v) is 0.784. The molecular weight excluding hydrogens is 139 g/mol. The van der Waals surface area contributed by atoms with Crippen LogP contribution >= 0.6 is 23.2 Å². The quantitative estimate of drug-likeness (QED) is 0.562. The van der Waals surface area contributed by atoms with E-state index in [1.165, 1.54) is 0 Å². The second-order valence-electron chi connectivity index (χ2n) is 0.903. The van der Waals surface area contributed by atoms with Gasteiger partial charge in [0.15, 0.2) is 0 Å². The van der Waals surface area contributed by atoms with Gasteiger partial charge in [-0.3, -0.25) is 0 Å². The Labute approximate surface area is 52.4 Å². The molecule has 0 spiro atoms. The normalized spacial score (nSPS) is 8.57. The van der Waals surface area contributed by atoms with E-state index in [-0.39, 0.29) is 12.1 Å². The molecule has 0 unspecified atom stereocenters. The number of hydrogen-bond acceptors (Lipinski definition) is 1. The van der Waals surface area contributed by atoms with Gasteiger partial charge in [0.2, 0.25) is 0 Å². The lowest BCUT2D eigenvalue weighted by molar-refractivity contribution is 0.293. The summed E-state index contributed by atoms with van der Waals surface area (Å²) in [5.41, 5.74) is 0. The van der Waals surface area contributed by atoms with Crippen molar-refractivity contribution in [2.75, 3.05) is 6.61 Å². The second kappa shape index (κ2) is 6.50. The maximum atomic E-state index is 8.07. The molecule has 0 saturated heterocycles. The maximum Gasteiger partial charge on any atom is 0.110 e. The largest absolute Gasteiger partial charge is 0.412 e. The standard InChI is InChI=1S/C3H6Cl2O.H2O/c4-3(5)1-2-6;/h3,6H,1-2H2;1H2. The minimum atomic E-state index is -0.407. The average Bonchev–Trinajstić information content (AvgIpc) is 1.35. The fourth-order valence-electron chi connectivity index (χ4n) is 0.0976. The van der Waals surface area contributed by atoms with Gasteiger partial charge in [-0.1, -0.05) is 0 Å². The van der Waals surface area contributed by atoms with Gasteiger partial charge in [0.1, 0.15) is 4.84 Å². The number of rotatable bonds is 2. The topological polar surface area (TPSA) is 51.7 Å². The Morgan fingerprint density at radius 2 is 1.86 bits per heavy atom. The number of aliphatic hydroxyl groups excluding tert-OH is 1. The monoisotopic (exact) mass is 146 g/mol. The highest BCUT2D eigenvalue weighted by Crippen LogP contribution is 2.04. The molecule has 0 aromatic rings. The predicted molar refractivity (Wildman–Crippen MR) is 30.8 cm³/mol. The molecule has 0 radical (unpaired) electrons. The zero-order valence-corrected chi connectivity index (χ0v) is 5.21. The van der Waals surface area contributed by atoms with Crippen LogP contribution in [0.3, 0.4) is 0 Å². The van der Waals surface area contributed by atoms with Crippen molar-refractivity contribution in [1.29, 1.82) is 0 Å². The summed E-state index contributed by atoms with van der Waals surface area (Å²) < 4.78 is 0. The van der Waals surface area contributed by atoms with Crippen molar-refractivity contribution in [3.05, 3.63) is 0 Å². The molecule has 3 N–H and O–H groups in total. The van der Waals surface area contributed by atoms with E-state index in [1.54, 1.807) is 0 Å². The number of alkyl halides is 2. The van der Waals surface area contributed by atoms with Crippen LogP contribution in [0, 0.1) is 0 Å². The summed E-state index contributed by atoms with van der Waals surface area (Å²) in [6.45, 7) is 0.0671. The van der Waals surface area contributed by atoms with Gasteiger partial charge in [-0.05, 0) is 0 Å². The van der Waals surface area contributed by atoms with Gasteiger partial charge in [0, 0.05) is 13.0 Å². The van der Waals surface area contributed by atoms with Crippen LogP contribution in [0.4, 0.5) is 0 Å². The predicted octanol–water partition coefficient (Wildman–Crippen LogP) is 0.348. The first-order valence-electron chi connectivity index (χ1n) is 1.66. The van der Waals surface area contributed by atoms with Crippen molar-refractivity contribution in [2.24, 2.45) is 0 Å². The Morgan fingerprint density at radius 1 is 1.43 bits per heavy atom. The molecule has 0 aromatic heterocycles. The maximum absolute atomic E-state index is 8.07. The number of hydrogen-bond donors (Lipinski definition) is 1. The molecule has 2 nitrogen and oxygen atoms in total. The lowest BCUT2D eigenvalue weighted by atomic mass is 10.5. The van der Waals surface area contributed by atoms with Crippen molar-refractivity contribution < 1.29 is 10.6 Å². The smallest absolute Gasteiger partial charge is 0.110 e. The lowest BCUT2D eigenvalue weighted by Gasteiger charge is -1.90. The molecule has 0 heterocycles. The van der Waals surface area contributed by atoms with Crippen LogP contribution in [-0.4, -0.2) is 22.0 Å². The summed E-state index contributed by atoms with van der Waals surface area (Å²) in [6.07, 6.45) is 0.461. The van der Waals surface area contributed by atoms with Crippen LogP contribution in [0.25, 0.3) is 0 Å². The summed E-state index contributed by atoms with van der Waals surface area (Å²) in [5, 5.41) is 8.07. The van der Waals surface area contributed by atoms with Gasteiger partial charge in [0.05, 0.1) is 0 Å². The first kappa shape index (κ1) is 10.5. The van der Waals surface area contributed by atoms with Crippen LogP contribution in [0.2, 0.25) is 0 Å². The van der Waals surface area contributed by atoms with Crippen LogP contribution < -0.4 is 0 Å². The summed E-state index contributed by atoms with van der Waals surface area (Å²) in [4.78, 5) is -0.407. The molecule has 0 saturated carbocycles. The first-order chi connectivity index (χ1) is 2.77. The van der Waals surface area contributed by atoms with Gasteiger partial charge in [-0.2, -0.15) is 0 Å². The van der Waals surface area contributed by atoms with E-state index in [1.807, 2.05) is 0 Å². The van der Waals surface area contributed by atoms with E-state index in [4.69, 9.17) is 28.3 Å². The fraction of sp³-hybridized carbons (Fsp3) is 1.00. The van der Waals surface area contributed by atoms with E-state index in [0.717, 1.165) is 0 Å². The van der Waals surface area contributed by atoms with Crippen molar-refractivity contribution in [3.8, 4) is 0 Å². The van der Waals surface area contributed by atoms with E-state index < -0.39 is 4.84 Å². The van der Waals surface area contributed by atoms with E-state index in [9.17, 15) is 0 Å². The molecule has 4 heteroatoms. The van der Waals surface area contributed by atoms with Crippen molar-refractivity contribution >= 4 is 23.2 Å². The highest BCUT2D eigenvalue weighted by molar-refractivity contribution is 6.44. The third kappa shape index (κ3) is 10.7. The molecule has 0 bridgehead atoms. The average molecular weight is 147 g/mol. The van der Waals surface area contributed by atoms with Gasteiger partial charge in [0.25, 0.3) is 0 Å². The first-order valence-corrected chi connectivity index (χ1v) is 2.53. The molecule has 0 aromatic carbocycles. The highest BCUT2D eigenvalue weighted by Gasteiger charge is 1.92. The number of aliphatic hydroxyl groups is 1. The Morgan fingerprint density at radius 3 is 1.86 bits per heavy atom. The Hall–Kier alpha value is 0.500. The molecule has 7 heavy (non-hydrogen) atoms. The van der Waals surface area contributed by atoms with Crippen LogP contribution in [0.1, 0.15) is 6.42 Å². The lowest BCUT2D eigenvalue weighted by Crippen LogP contribution is -1.89. The van der Waals surface area contributed by atoms with Crippen molar-refractivity contribution in [3.63, 3.8) is 0 Å². The molecule has 0 amide bonds. The minimum absolute atomic E-state index is 0. The van der Waals surface area contributed by atoms with Crippen LogP contribution in [0.5, 0.6) is 0 Å². The summed E-state index contributed by atoms with van der Waals surface area (Å²) in [6, 6.07) is 0.